The Bertz CT molecular complexity index is 704. The van der Waals surface area contributed by atoms with Crippen molar-refractivity contribution in [1.29, 1.82) is 0 Å². The number of hydrogen-bond acceptors (Lipinski definition) is 8. The summed E-state index contributed by atoms with van der Waals surface area (Å²) in [5.41, 5.74) is 3.67. The van der Waals surface area contributed by atoms with Gasteiger partial charge in [0.2, 0.25) is 5.75 Å². The lowest BCUT2D eigenvalue weighted by Gasteiger charge is -2.12. The number of amides is 1. The predicted molar refractivity (Wildman–Crippen MR) is 85.8 cm³/mol. The quantitative estimate of drug-likeness (QED) is 0.636. The number of aryl methyl sites for hydroxylation is 1. The first-order valence-corrected chi connectivity index (χ1v) is 7.30. The molecule has 0 saturated heterocycles. The average molecular weight is 336 g/mol. The molecule has 1 amide bonds. The lowest BCUT2D eigenvalue weighted by atomic mass is 10.2. The van der Waals surface area contributed by atoms with Gasteiger partial charge in [0, 0.05) is 5.56 Å². The van der Waals surface area contributed by atoms with Crippen LogP contribution in [0.15, 0.2) is 17.2 Å². The Balaban J connectivity index is 2.16. The summed E-state index contributed by atoms with van der Waals surface area (Å²) < 4.78 is 19.5. The number of hydrazone groups is 1. The molecule has 0 saturated carbocycles. The van der Waals surface area contributed by atoms with Crippen LogP contribution in [0.25, 0.3) is 0 Å². The standard InChI is InChI=1S/C14H16N4O4S/c1-8-13(23-18-16-8)14(19)17-15-7-9-5-10(20-2)12(22-4)11(6-9)21-3/h5-7H,1-4H3,(H,17,19). The molecule has 0 fully saturated rings. The SMILES string of the molecule is COc1cc(C=NNC(=O)c2snnc2C)cc(OC)c1OC. The molecule has 1 heterocycles. The van der Waals surface area contributed by atoms with Crippen LogP contribution in [0.3, 0.4) is 0 Å². The van der Waals surface area contributed by atoms with Crippen molar-refractivity contribution in [1.82, 2.24) is 15.0 Å². The van der Waals surface area contributed by atoms with Crippen LogP contribution in [0.2, 0.25) is 0 Å². The zero-order chi connectivity index (χ0) is 16.8. The van der Waals surface area contributed by atoms with E-state index >= 15 is 0 Å². The number of methoxy groups -OCH3 is 3. The van der Waals surface area contributed by atoms with E-state index in [2.05, 4.69) is 20.1 Å². The Kier molecular flexibility index (Phi) is 5.47. The van der Waals surface area contributed by atoms with Gasteiger partial charge in [-0.25, -0.2) is 5.43 Å². The molecule has 0 aliphatic heterocycles. The molecule has 1 aromatic carbocycles. The summed E-state index contributed by atoms with van der Waals surface area (Å²) in [6.07, 6.45) is 1.48. The fraction of sp³-hybridized carbons (Fsp3) is 0.286. The van der Waals surface area contributed by atoms with E-state index < -0.39 is 0 Å². The van der Waals surface area contributed by atoms with Crippen molar-refractivity contribution < 1.29 is 19.0 Å². The second-order valence-electron chi connectivity index (χ2n) is 4.35. The van der Waals surface area contributed by atoms with Crippen molar-refractivity contribution in [2.75, 3.05) is 21.3 Å². The van der Waals surface area contributed by atoms with Gasteiger partial charge in [-0.2, -0.15) is 5.10 Å². The molecule has 9 heteroatoms. The smallest absolute Gasteiger partial charge is 0.285 e. The van der Waals surface area contributed by atoms with Crippen molar-refractivity contribution >= 4 is 23.7 Å². The summed E-state index contributed by atoms with van der Waals surface area (Å²) in [6, 6.07) is 3.44. The minimum absolute atomic E-state index is 0.360. The van der Waals surface area contributed by atoms with Crippen LogP contribution in [-0.2, 0) is 0 Å². The van der Waals surface area contributed by atoms with Crippen LogP contribution in [0.1, 0.15) is 20.9 Å². The van der Waals surface area contributed by atoms with Gasteiger partial charge in [0.25, 0.3) is 5.91 Å². The Morgan fingerprint density at radius 3 is 2.35 bits per heavy atom. The summed E-state index contributed by atoms with van der Waals surface area (Å²) in [5, 5.41) is 7.70. The number of hydrogen-bond donors (Lipinski definition) is 1. The Labute approximate surface area is 137 Å². The van der Waals surface area contributed by atoms with E-state index in [9.17, 15) is 4.79 Å². The van der Waals surface area contributed by atoms with E-state index in [1.807, 2.05) is 0 Å². The van der Waals surface area contributed by atoms with E-state index in [-0.39, 0.29) is 5.91 Å². The largest absolute Gasteiger partial charge is 0.493 e. The van der Waals surface area contributed by atoms with Crippen LogP contribution in [0.5, 0.6) is 17.2 Å². The Morgan fingerprint density at radius 2 is 1.87 bits per heavy atom. The molecule has 8 nitrogen and oxygen atoms in total. The van der Waals surface area contributed by atoms with Crippen LogP contribution < -0.4 is 19.6 Å². The zero-order valence-electron chi connectivity index (χ0n) is 13.1. The maximum absolute atomic E-state index is 11.9. The number of carbonyl (C=O) groups excluding carboxylic acids is 1. The number of ether oxygens (including phenoxy) is 3. The summed E-state index contributed by atoms with van der Waals surface area (Å²) >= 11 is 1.02. The molecule has 23 heavy (non-hydrogen) atoms. The second-order valence-corrected chi connectivity index (χ2v) is 5.10. The fourth-order valence-corrected chi connectivity index (χ4v) is 2.38. The summed E-state index contributed by atoms with van der Waals surface area (Å²) in [4.78, 5) is 12.3. The predicted octanol–water partition coefficient (Wildman–Crippen LogP) is 1.64. The van der Waals surface area contributed by atoms with Crippen LogP contribution >= 0.6 is 11.5 Å². The van der Waals surface area contributed by atoms with Gasteiger partial charge in [-0.05, 0) is 30.6 Å². The molecule has 2 aromatic rings. The molecule has 1 aromatic heterocycles. The highest BCUT2D eigenvalue weighted by Crippen LogP contribution is 2.37. The highest BCUT2D eigenvalue weighted by Gasteiger charge is 2.13. The maximum atomic E-state index is 11.9. The molecule has 0 spiro atoms. The lowest BCUT2D eigenvalue weighted by molar-refractivity contribution is 0.0958. The van der Waals surface area contributed by atoms with E-state index in [0.29, 0.717) is 33.4 Å². The van der Waals surface area contributed by atoms with Gasteiger partial charge in [-0.1, -0.05) is 4.49 Å². The number of benzene rings is 1. The van der Waals surface area contributed by atoms with Crippen molar-refractivity contribution in [3.63, 3.8) is 0 Å². The lowest BCUT2D eigenvalue weighted by Crippen LogP contribution is -2.17. The normalized spacial score (nSPS) is 10.6. The second kappa shape index (κ2) is 7.54. The minimum Gasteiger partial charge on any atom is -0.493 e. The van der Waals surface area contributed by atoms with Gasteiger partial charge < -0.3 is 14.2 Å². The first-order chi connectivity index (χ1) is 11.1. The van der Waals surface area contributed by atoms with Crippen LogP contribution in [0, 0.1) is 6.92 Å². The molecule has 0 aliphatic carbocycles. The average Bonchev–Trinajstić information content (AvgIpc) is 2.99. The summed E-state index contributed by atoms with van der Waals surface area (Å²) in [7, 11) is 4.58. The first kappa shape index (κ1) is 16.7. The van der Waals surface area contributed by atoms with Gasteiger partial charge in [-0.15, -0.1) is 5.10 Å². The third kappa shape index (κ3) is 3.75. The molecule has 122 valence electrons. The van der Waals surface area contributed by atoms with E-state index in [1.165, 1.54) is 27.5 Å². The third-order valence-corrected chi connectivity index (χ3v) is 3.75. The molecule has 0 bridgehead atoms. The van der Waals surface area contributed by atoms with Crippen molar-refractivity contribution in [2.45, 2.75) is 6.92 Å². The zero-order valence-corrected chi connectivity index (χ0v) is 13.9. The topological polar surface area (TPSA) is 94.9 Å². The van der Waals surface area contributed by atoms with Crippen molar-refractivity contribution in [3.05, 3.63) is 28.3 Å². The van der Waals surface area contributed by atoms with E-state index in [4.69, 9.17) is 14.2 Å². The molecule has 0 aliphatic rings. The number of carbonyl (C=O) groups is 1. The summed E-state index contributed by atoms with van der Waals surface area (Å²) in [6.45, 7) is 1.71. The summed E-state index contributed by atoms with van der Waals surface area (Å²) in [5.74, 6) is 1.13. The minimum atomic E-state index is -0.360. The third-order valence-electron chi connectivity index (χ3n) is 2.92. The van der Waals surface area contributed by atoms with Gasteiger partial charge in [-0.3, -0.25) is 4.79 Å². The van der Waals surface area contributed by atoms with Gasteiger partial charge in [0.05, 0.1) is 33.2 Å². The van der Waals surface area contributed by atoms with E-state index in [1.54, 1.807) is 19.1 Å². The van der Waals surface area contributed by atoms with Gasteiger partial charge >= 0.3 is 0 Å². The number of rotatable bonds is 6. The Morgan fingerprint density at radius 1 is 1.22 bits per heavy atom. The highest BCUT2D eigenvalue weighted by atomic mass is 32.1. The number of nitrogens with one attached hydrogen (secondary N) is 1. The Hall–Kier alpha value is -2.68. The molecule has 0 unspecified atom stereocenters. The number of nitrogens with zero attached hydrogens (tertiary/aromatic N) is 3. The van der Waals surface area contributed by atoms with E-state index in [0.717, 1.165) is 11.5 Å². The molecular weight excluding hydrogens is 320 g/mol. The monoisotopic (exact) mass is 336 g/mol. The van der Waals surface area contributed by atoms with Crippen molar-refractivity contribution in [2.24, 2.45) is 5.10 Å². The van der Waals surface area contributed by atoms with Crippen LogP contribution in [0.4, 0.5) is 0 Å². The van der Waals surface area contributed by atoms with Crippen LogP contribution in [-0.4, -0.2) is 43.0 Å². The van der Waals surface area contributed by atoms with Crippen molar-refractivity contribution in [3.8, 4) is 17.2 Å². The molecule has 2 rings (SSSR count). The van der Waals surface area contributed by atoms with Gasteiger partial charge in [0.15, 0.2) is 11.5 Å². The fourth-order valence-electron chi connectivity index (χ4n) is 1.83. The van der Waals surface area contributed by atoms with Gasteiger partial charge in [0.1, 0.15) is 4.88 Å². The molecule has 0 radical (unpaired) electrons. The number of aromatic nitrogens is 2. The molecule has 0 atom stereocenters. The molecular formula is C14H16N4O4S. The first-order valence-electron chi connectivity index (χ1n) is 6.53. The highest BCUT2D eigenvalue weighted by molar-refractivity contribution is 7.07. The maximum Gasteiger partial charge on any atom is 0.285 e. The molecule has 1 N–H and O–H groups in total.